The molecule has 1 amide bonds. The van der Waals surface area contributed by atoms with Crippen LogP contribution in [-0.2, 0) is 11.9 Å². The van der Waals surface area contributed by atoms with Crippen molar-refractivity contribution in [2.24, 2.45) is 0 Å². The Morgan fingerprint density at radius 1 is 1.03 bits per heavy atom. The highest BCUT2D eigenvalue weighted by atomic mass is 35.5. The summed E-state index contributed by atoms with van der Waals surface area (Å²) < 4.78 is 39.7. The topological polar surface area (TPSA) is 42.0 Å². The lowest BCUT2D eigenvalue weighted by atomic mass is 10.1. The van der Waals surface area contributed by atoms with Gasteiger partial charge in [-0.15, -0.1) is 11.3 Å². The minimum atomic E-state index is -4.53. The van der Waals surface area contributed by atoms with E-state index in [0.717, 1.165) is 39.4 Å². The molecule has 9 heteroatoms. The molecule has 0 spiro atoms. The first-order valence-corrected chi connectivity index (χ1v) is 11.9. The lowest BCUT2D eigenvalue weighted by Gasteiger charge is -2.12. The highest BCUT2D eigenvalue weighted by Gasteiger charge is 2.31. The molecule has 33 heavy (non-hydrogen) atoms. The summed E-state index contributed by atoms with van der Waals surface area (Å²) in [6.45, 7) is 0. The number of rotatable bonds is 6. The van der Waals surface area contributed by atoms with E-state index in [1.165, 1.54) is 0 Å². The third kappa shape index (κ3) is 5.96. The molecule has 3 aromatic carbocycles. The number of hydrogen-bond donors (Lipinski definition) is 1. The van der Waals surface area contributed by atoms with Gasteiger partial charge in [0.15, 0.2) is 4.34 Å². The van der Waals surface area contributed by atoms with Crippen molar-refractivity contribution in [3.8, 4) is 11.3 Å². The van der Waals surface area contributed by atoms with Crippen LogP contribution in [0.3, 0.4) is 0 Å². The highest BCUT2D eigenvalue weighted by Crippen LogP contribution is 2.34. The fourth-order valence-electron chi connectivity index (χ4n) is 2.95. The zero-order chi connectivity index (χ0) is 23.4. The van der Waals surface area contributed by atoms with Gasteiger partial charge in [-0.25, -0.2) is 4.98 Å². The van der Waals surface area contributed by atoms with E-state index < -0.39 is 17.6 Å². The van der Waals surface area contributed by atoms with E-state index in [9.17, 15) is 18.0 Å². The number of amides is 1. The molecule has 1 aromatic heterocycles. The van der Waals surface area contributed by atoms with E-state index in [4.69, 9.17) is 11.6 Å². The second-order valence-electron chi connectivity index (χ2n) is 7.00. The minimum Gasteiger partial charge on any atom is -0.321 e. The molecule has 0 saturated heterocycles. The monoisotopic (exact) mass is 504 g/mol. The van der Waals surface area contributed by atoms with Crippen molar-refractivity contribution in [2.45, 2.75) is 16.3 Å². The van der Waals surface area contributed by atoms with Crippen molar-refractivity contribution >= 4 is 46.3 Å². The van der Waals surface area contributed by atoms with Gasteiger partial charge in [0, 0.05) is 22.3 Å². The standard InChI is InChI=1S/C24H16ClF3N2OS2/c25-19-11-10-18(24(26,27)28)12-20(19)29-22(31)17-8-6-15(7-9-17)13-32-23-30-21(14-33-23)16-4-2-1-3-5-16/h1-12,14H,13H2,(H,29,31). The van der Waals surface area contributed by atoms with Crippen molar-refractivity contribution in [2.75, 3.05) is 5.32 Å². The maximum atomic E-state index is 12.9. The Bertz CT molecular complexity index is 1260. The van der Waals surface area contributed by atoms with Crippen molar-refractivity contribution in [1.29, 1.82) is 0 Å². The molecule has 0 radical (unpaired) electrons. The summed E-state index contributed by atoms with van der Waals surface area (Å²) in [6, 6.07) is 19.6. The third-order valence-corrected chi connectivity index (χ3v) is 7.09. The normalized spacial score (nSPS) is 11.4. The second-order valence-corrected chi connectivity index (χ2v) is 9.48. The van der Waals surface area contributed by atoms with Crippen LogP contribution >= 0.6 is 34.7 Å². The summed E-state index contributed by atoms with van der Waals surface area (Å²) in [6.07, 6.45) is -4.53. The van der Waals surface area contributed by atoms with E-state index in [2.05, 4.69) is 10.3 Å². The van der Waals surface area contributed by atoms with Crippen LogP contribution < -0.4 is 5.32 Å². The molecule has 4 rings (SSSR count). The molecule has 0 bridgehead atoms. The average molecular weight is 505 g/mol. The van der Waals surface area contributed by atoms with E-state index in [1.54, 1.807) is 47.4 Å². The van der Waals surface area contributed by atoms with Crippen molar-refractivity contribution in [1.82, 2.24) is 4.98 Å². The van der Waals surface area contributed by atoms with Crippen molar-refractivity contribution in [3.63, 3.8) is 0 Å². The van der Waals surface area contributed by atoms with Crippen LogP contribution in [0.15, 0.2) is 82.5 Å². The van der Waals surface area contributed by atoms with Crippen LogP contribution in [-0.4, -0.2) is 10.9 Å². The number of carbonyl (C=O) groups excluding carboxylic acids is 1. The van der Waals surface area contributed by atoms with E-state index >= 15 is 0 Å². The summed E-state index contributed by atoms with van der Waals surface area (Å²) in [5, 5.41) is 4.50. The Balaban J connectivity index is 1.38. The SMILES string of the molecule is O=C(Nc1cc(C(F)(F)F)ccc1Cl)c1ccc(CSc2nc(-c3ccccc3)cs2)cc1. The highest BCUT2D eigenvalue weighted by molar-refractivity contribution is 8.00. The largest absolute Gasteiger partial charge is 0.416 e. The van der Waals surface area contributed by atoms with Crippen LogP contribution in [0.4, 0.5) is 18.9 Å². The van der Waals surface area contributed by atoms with Gasteiger partial charge in [-0.05, 0) is 35.9 Å². The molecule has 1 heterocycles. The molecule has 1 N–H and O–H groups in total. The number of carbonyl (C=O) groups is 1. The Morgan fingerprint density at radius 3 is 2.45 bits per heavy atom. The van der Waals surface area contributed by atoms with Gasteiger partial charge in [0.2, 0.25) is 0 Å². The number of nitrogens with one attached hydrogen (secondary N) is 1. The lowest BCUT2D eigenvalue weighted by molar-refractivity contribution is -0.137. The van der Waals surface area contributed by atoms with Gasteiger partial charge in [-0.1, -0.05) is 65.8 Å². The molecule has 0 aliphatic rings. The lowest BCUT2D eigenvalue weighted by Crippen LogP contribution is -2.13. The first-order valence-electron chi connectivity index (χ1n) is 9.70. The molecule has 0 aliphatic carbocycles. The maximum Gasteiger partial charge on any atom is 0.416 e. The number of nitrogens with zero attached hydrogens (tertiary/aromatic N) is 1. The number of aromatic nitrogens is 1. The summed E-state index contributed by atoms with van der Waals surface area (Å²) >= 11 is 9.12. The Morgan fingerprint density at radius 2 is 1.76 bits per heavy atom. The first-order chi connectivity index (χ1) is 15.8. The Kier molecular flexibility index (Phi) is 7.07. The number of benzene rings is 3. The molecule has 3 nitrogen and oxygen atoms in total. The third-order valence-electron chi connectivity index (χ3n) is 4.67. The molecule has 0 atom stereocenters. The van der Waals surface area contributed by atoms with E-state index in [1.807, 2.05) is 35.7 Å². The summed E-state index contributed by atoms with van der Waals surface area (Å²) in [5.41, 5.74) is 2.34. The van der Waals surface area contributed by atoms with Crippen molar-refractivity contribution in [3.05, 3.63) is 99.9 Å². The minimum absolute atomic E-state index is 0.0303. The van der Waals surface area contributed by atoms with E-state index in [0.29, 0.717) is 11.3 Å². The fraction of sp³-hybridized carbons (Fsp3) is 0.0833. The Hall–Kier alpha value is -2.81. The van der Waals surface area contributed by atoms with Crippen LogP contribution in [0, 0.1) is 0 Å². The fourth-order valence-corrected chi connectivity index (χ4v) is 4.91. The molecule has 0 fully saturated rings. The predicted octanol–water partition coefficient (Wildman–Crippen LogP) is 8.03. The van der Waals surface area contributed by atoms with Gasteiger partial charge < -0.3 is 5.32 Å². The number of alkyl halides is 3. The van der Waals surface area contributed by atoms with Gasteiger partial charge in [0.25, 0.3) is 5.91 Å². The smallest absolute Gasteiger partial charge is 0.321 e. The van der Waals surface area contributed by atoms with E-state index in [-0.39, 0.29) is 10.7 Å². The number of hydrogen-bond acceptors (Lipinski definition) is 4. The number of anilines is 1. The zero-order valence-corrected chi connectivity index (χ0v) is 19.3. The molecular formula is C24H16ClF3N2OS2. The average Bonchev–Trinajstić information content (AvgIpc) is 3.28. The number of thioether (sulfide) groups is 1. The molecule has 0 aliphatic heterocycles. The van der Waals surface area contributed by atoms with Crippen molar-refractivity contribution < 1.29 is 18.0 Å². The summed E-state index contributed by atoms with van der Waals surface area (Å²) in [7, 11) is 0. The van der Waals surface area contributed by atoms with Gasteiger partial charge in [0.1, 0.15) is 0 Å². The summed E-state index contributed by atoms with van der Waals surface area (Å²) in [5.74, 6) is 0.131. The molecule has 0 unspecified atom stereocenters. The zero-order valence-electron chi connectivity index (χ0n) is 16.9. The Labute approximate surface area is 201 Å². The summed E-state index contributed by atoms with van der Waals surface area (Å²) in [4.78, 5) is 17.1. The van der Waals surface area contributed by atoms with Crippen LogP contribution in [0.1, 0.15) is 21.5 Å². The molecular weight excluding hydrogens is 489 g/mol. The van der Waals surface area contributed by atoms with Gasteiger partial charge in [-0.3, -0.25) is 4.79 Å². The number of halogens is 4. The number of thiazole rings is 1. The molecule has 4 aromatic rings. The van der Waals surface area contributed by atoms with Gasteiger partial charge in [-0.2, -0.15) is 13.2 Å². The second kappa shape index (κ2) is 9.99. The predicted molar refractivity (Wildman–Crippen MR) is 128 cm³/mol. The molecule has 0 saturated carbocycles. The maximum absolute atomic E-state index is 12.9. The van der Waals surface area contributed by atoms with Gasteiger partial charge >= 0.3 is 6.18 Å². The first kappa shape index (κ1) is 23.4. The molecule has 168 valence electrons. The van der Waals surface area contributed by atoms with Crippen LogP contribution in [0.2, 0.25) is 5.02 Å². The van der Waals surface area contributed by atoms with Crippen LogP contribution in [0.5, 0.6) is 0 Å². The van der Waals surface area contributed by atoms with Gasteiger partial charge in [0.05, 0.1) is 22.0 Å². The quantitative estimate of drug-likeness (QED) is 0.270. The van der Waals surface area contributed by atoms with Crippen LogP contribution in [0.25, 0.3) is 11.3 Å².